The third-order valence-electron chi connectivity index (χ3n) is 2.87. The lowest BCUT2D eigenvalue weighted by atomic mass is 10.2. The van der Waals surface area contributed by atoms with Crippen LogP contribution in [0.25, 0.3) is 0 Å². The van der Waals surface area contributed by atoms with Crippen molar-refractivity contribution in [2.75, 3.05) is 7.11 Å². The molecular weight excluding hydrogens is 294 g/mol. The number of hydrogen-bond donors (Lipinski definition) is 2. The fourth-order valence-corrected chi connectivity index (χ4v) is 2.79. The SMILES string of the molecule is COc1cc(C)sc1C(=O)NCc1cc(C(=O)O)c(C)o1. The number of ether oxygens (including phenoxy) is 1. The largest absolute Gasteiger partial charge is 0.495 e. The molecule has 0 radical (unpaired) electrons. The zero-order valence-corrected chi connectivity index (χ0v) is 12.7. The summed E-state index contributed by atoms with van der Waals surface area (Å²) in [6, 6.07) is 3.20. The molecule has 112 valence electrons. The van der Waals surface area contributed by atoms with Crippen LogP contribution in [-0.4, -0.2) is 24.1 Å². The number of aryl methyl sites for hydroxylation is 2. The number of nitrogens with one attached hydrogen (secondary N) is 1. The van der Waals surface area contributed by atoms with E-state index in [4.69, 9.17) is 14.3 Å². The van der Waals surface area contributed by atoms with Crippen LogP contribution in [0.3, 0.4) is 0 Å². The third-order valence-corrected chi connectivity index (χ3v) is 3.90. The molecule has 2 N–H and O–H groups in total. The zero-order chi connectivity index (χ0) is 15.6. The number of carboxylic acid groups (broad SMARTS) is 1. The quantitative estimate of drug-likeness (QED) is 0.886. The molecule has 0 aromatic carbocycles. The molecule has 2 heterocycles. The normalized spacial score (nSPS) is 10.4. The van der Waals surface area contributed by atoms with Gasteiger partial charge in [0.25, 0.3) is 5.91 Å². The summed E-state index contributed by atoms with van der Waals surface area (Å²) in [6.07, 6.45) is 0. The molecule has 6 nitrogen and oxygen atoms in total. The molecule has 0 aliphatic rings. The van der Waals surface area contributed by atoms with Crippen LogP contribution in [-0.2, 0) is 6.54 Å². The van der Waals surface area contributed by atoms with Crippen LogP contribution in [0.5, 0.6) is 5.75 Å². The second-order valence-electron chi connectivity index (χ2n) is 4.42. The highest BCUT2D eigenvalue weighted by molar-refractivity contribution is 7.14. The molecule has 2 aromatic heterocycles. The summed E-state index contributed by atoms with van der Waals surface area (Å²) in [6.45, 7) is 3.58. The average molecular weight is 309 g/mol. The van der Waals surface area contributed by atoms with E-state index in [9.17, 15) is 9.59 Å². The summed E-state index contributed by atoms with van der Waals surface area (Å²) in [5, 5.41) is 11.6. The number of aromatic carboxylic acids is 1. The minimum Gasteiger partial charge on any atom is -0.495 e. The highest BCUT2D eigenvalue weighted by atomic mass is 32.1. The van der Waals surface area contributed by atoms with Crippen molar-refractivity contribution in [1.82, 2.24) is 5.32 Å². The van der Waals surface area contributed by atoms with Crippen LogP contribution in [0, 0.1) is 13.8 Å². The second-order valence-corrected chi connectivity index (χ2v) is 5.68. The van der Waals surface area contributed by atoms with E-state index in [-0.39, 0.29) is 18.0 Å². The van der Waals surface area contributed by atoms with Crippen LogP contribution in [0.1, 0.15) is 36.4 Å². The van der Waals surface area contributed by atoms with Crippen molar-refractivity contribution in [1.29, 1.82) is 0 Å². The fraction of sp³-hybridized carbons (Fsp3) is 0.286. The first-order valence-electron chi connectivity index (χ1n) is 6.17. The predicted molar refractivity (Wildman–Crippen MR) is 77.2 cm³/mol. The Morgan fingerprint density at radius 2 is 2.10 bits per heavy atom. The van der Waals surface area contributed by atoms with E-state index in [0.29, 0.717) is 22.1 Å². The van der Waals surface area contributed by atoms with Crippen molar-refractivity contribution in [3.8, 4) is 5.75 Å². The molecule has 0 aliphatic carbocycles. The summed E-state index contributed by atoms with van der Waals surface area (Å²) >= 11 is 1.33. The molecule has 2 rings (SSSR count). The van der Waals surface area contributed by atoms with E-state index in [1.54, 1.807) is 13.0 Å². The van der Waals surface area contributed by atoms with Crippen molar-refractivity contribution in [3.05, 3.63) is 39.0 Å². The molecule has 1 amide bonds. The number of thiophene rings is 1. The molecule has 0 atom stereocenters. The van der Waals surface area contributed by atoms with Gasteiger partial charge in [-0.15, -0.1) is 11.3 Å². The Balaban J connectivity index is 2.07. The standard InChI is InChI=1S/C14H15NO5S/c1-7-4-11(19-3)12(21-7)13(16)15-6-9-5-10(14(17)18)8(2)20-9/h4-5H,6H2,1-3H3,(H,15,16)(H,17,18). The minimum atomic E-state index is -1.05. The molecule has 2 aromatic rings. The van der Waals surface area contributed by atoms with Crippen LogP contribution in [0.15, 0.2) is 16.5 Å². The number of furan rings is 1. The van der Waals surface area contributed by atoms with Gasteiger partial charge in [-0.2, -0.15) is 0 Å². The lowest BCUT2D eigenvalue weighted by molar-refractivity contribution is 0.0694. The first-order chi connectivity index (χ1) is 9.92. The second kappa shape index (κ2) is 6.01. The molecule has 0 fully saturated rings. The van der Waals surface area contributed by atoms with Crippen molar-refractivity contribution in [2.24, 2.45) is 0 Å². The Morgan fingerprint density at radius 1 is 1.38 bits per heavy atom. The van der Waals surface area contributed by atoms with E-state index in [2.05, 4.69) is 5.32 Å². The summed E-state index contributed by atoms with van der Waals surface area (Å²) < 4.78 is 10.4. The maximum absolute atomic E-state index is 12.1. The first-order valence-corrected chi connectivity index (χ1v) is 6.99. The van der Waals surface area contributed by atoms with Crippen LogP contribution < -0.4 is 10.1 Å². The monoisotopic (exact) mass is 309 g/mol. The zero-order valence-electron chi connectivity index (χ0n) is 11.9. The number of carbonyl (C=O) groups excluding carboxylic acids is 1. The van der Waals surface area contributed by atoms with Gasteiger partial charge in [-0.3, -0.25) is 4.79 Å². The molecule has 0 saturated carbocycles. The molecule has 0 unspecified atom stereocenters. The van der Waals surface area contributed by atoms with E-state index < -0.39 is 5.97 Å². The molecule has 0 spiro atoms. The maximum atomic E-state index is 12.1. The van der Waals surface area contributed by atoms with Gasteiger partial charge < -0.3 is 19.6 Å². The van der Waals surface area contributed by atoms with Gasteiger partial charge in [0.15, 0.2) is 0 Å². The fourth-order valence-electron chi connectivity index (χ4n) is 1.89. The van der Waals surface area contributed by atoms with Crippen LogP contribution in [0.2, 0.25) is 0 Å². The topological polar surface area (TPSA) is 88.8 Å². The Labute approximate surface area is 125 Å². The summed E-state index contributed by atoms with van der Waals surface area (Å²) in [7, 11) is 1.51. The smallest absolute Gasteiger partial charge is 0.339 e. The Morgan fingerprint density at radius 3 is 2.67 bits per heavy atom. The molecule has 7 heteroatoms. The van der Waals surface area contributed by atoms with E-state index in [0.717, 1.165) is 4.88 Å². The highest BCUT2D eigenvalue weighted by Crippen LogP contribution is 2.28. The van der Waals surface area contributed by atoms with Crippen molar-refractivity contribution < 1.29 is 23.8 Å². The maximum Gasteiger partial charge on any atom is 0.339 e. The minimum absolute atomic E-state index is 0.101. The summed E-state index contributed by atoms with van der Waals surface area (Å²) in [5.74, 6) is -0.0982. The van der Waals surface area contributed by atoms with Gasteiger partial charge in [-0.25, -0.2) is 4.79 Å². The molecule has 0 aliphatic heterocycles. The van der Waals surface area contributed by atoms with Gasteiger partial charge in [-0.05, 0) is 26.0 Å². The predicted octanol–water partition coefficient (Wildman–Crippen LogP) is 2.59. The lowest BCUT2D eigenvalue weighted by Gasteiger charge is -2.03. The van der Waals surface area contributed by atoms with Gasteiger partial charge in [-0.1, -0.05) is 0 Å². The van der Waals surface area contributed by atoms with Crippen molar-refractivity contribution in [2.45, 2.75) is 20.4 Å². The van der Waals surface area contributed by atoms with E-state index in [1.165, 1.54) is 24.5 Å². The van der Waals surface area contributed by atoms with Crippen LogP contribution in [0.4, 0.5) is 0 Å². The number of methoxy groups -OCH3 is 1. The molecule has 0 saturated heterocycles. The Hall–Kier alpha value is -2.28. The average Bonchev–Trinajstić information content (AvgIpc) is 2.99. The van der Waals surface area contributed by atoms with Crippen molar-refractivity contribution >= 4 is 23.2 Å². The van der Waals surface area contributed by atoms with E-state index in [1.807, 2.05) is 6.92 Å². The summed E-state index contributed by atoms with van der Waals surface area (Å²) in [4.78, 5) is 24.5. The Bertz CT molecular complexity index is 686. The van der Waals surface area contributed by atoms with Gasteiger partial charge >= 0.3 is 5.97 Å². The number of rotatable bonds is 5. The van der Waals surface area contributed by atoms with Gasteiger partial charge in [0.1, 0.15) is 27.7 Å². The number of amides is 1. The van der Waals surface area contributed by atoms with E-state index >= 15 is 0 Å². The third kappa shape index (κ3) is 3.25. The first kappa shape index (κ1) is 15.1. The molecule has 21 heavy (non-hydrogen) atoms. The highest BCUT2D eigenvalue weighted by Gasteiger charge is 2.17. The molecule has 0 bridgehead atoms. The molecular formula is C14H15NO5S. The Kier molecular flexibility index (Phi) is 4.32. The number of carboxylic acids is 1. The van der Waals surface area contributed by atoms with Gasteiger partial charge in [0.2, 0.25) is 0 Å². The number of carbonyl (C=O) groups is 2. The van der Waals surface area contributed by atoms with Crippen molar-refractivity contribution in [3.63, 3.8) is 0 Å². The lowest BCUT2D eigenvalue weighted by Crippen LogP contribution is -2.22. The summed E-state index contributed by atoms with van der Waals surface area (Å²) in [5.41, 5.74) is 0.101. The van der Waals surface area contributed by atoms with Crippen LogP contribution >= 0.6 is 11.3 Å². The van der Waals surface area contributed by atoms with Gasteiger partial charge in [0.05, 0.1) is 13.7 Å². The number of hydrogen-bond acceptors (Lipinski definition) is 5. The van der Waals surface area contributed by atoms with Gasteiger partial charge in [0, 0.05) is 4.88 Å².